The van der Waals surface area contributed by atoms with Crippen molar-refractivity contribution in [2.24, 2.45) is 0 Å². The SMILES string of the molecule is CCN(CC)CCSc1ccc(Cl)cc1C(=O)O. The van der Waals surface area contributed by atoms with E-state index in [9.17, 15) is 4.79 Å². The van der Waals surface area contributed by atoms with Crippen molar-refractivity contribution in [2.45, 2.75) is 18.7 Å². The second-order valence-electron chi connectivity index (χ2n) is 3.82. The van der Waals surface area contributed by atoms with Gasteiger partial charge in [-0.15, -0.1) is 11.8 Å². The summed E-state index contributed by atoms with van der Waals surface area (Å²) in [5.41, 5.74) is 0.284. The molecule has 0 radical (unpaired) electrons. The summed E-state index contributed by atoms with van der Waals surface area (Å²) in [6, 6.07) is 5.01. The molecule has 0 spiro atoms. The Morgan fingerprint density at radius 1 is 1.39 bits per heavy atom. The highest BCUT2D eigenvalue weighted by molar-refractivity contribution is 7.99. The lowest BCUT2D eigenvalue weighted by Crippen LogP contribution is -2.25. The zero-order chi connectivity index (χ0) is 13.5. The highest BCUT2D eigenvalue weighted by atomic mass is 35.5. The van der Waals surface area contributed by atoms with Crippen molar-refractivity contribution in [2.75, 3.05) is 25.4 Å². The molecule has 0 bridgehead atoms. The molecule has 0 aliphatic heterocycles. The zero-order valence-electron chi connectivity index (χ0n) is 10.6. The maximum atomic E-state index is 11.1. The van der Waals surface area contributed by atoms with Gasteiger partial charge in [-0.1, -0.05) is 25.4 Å². The van der Waals surface area contributed by atoms with Crippen molar-refractivity contribution in [1.82, 2.24) is 4.90 Å². The molecule has 5 heteroatoms. The van der Waals surface area contributed by atoms with Crippen LogP contribution in [-0.4, -0.2) is 41.4 Å². The third-order valence-corrected chi connectivity index (χ3v) is 4.02. The number of carbonyl (C=O) groups is 1. The van der Waals surface area contributed by atoms with E-state index >= 15 is 0 Å². The number of aromatic carboxylic acids is 1. The van der Waals surface area contributed by atoms with Crippen LogP contribution < -0.4 is 0 Å². The summed E-state index contributed by atoms with van der Waals surface area (Å²) in [7, 11) is 0. The molecule has 0 atom stereocenters. The summed E-state index contributed by atoms with van der Waals surface area (Å²) in [4.78, 5) is 14.2. The van der Waals surface area contributed by atoms with Gasteiger partial charge in [-0.2, -0.15) is 0 Å². The second-order valence-corrected chi connectivity index (χ2v) is 5.39. The van der Waals surface area contributed by atoms with Gasteiger partial charge < -0.3 is 10.0 Å². The Bertz CT molecular complexity index is 408. The number of carboxylic acids is 1. The van der Waals surface area contributed by atoms with Gasteiger partial charge in [0.15, 0.2) is 0 Å². The normalized spacial score (nSPS) is 10.9. The van der Waals surface area contributed by atoms with Gasteiger partial charge in [0.25, 0.3) is 0 Å². The molecule has 1 N–H and O–H groups in total. The van der Waals surface area contributed by atoms with Crippen LogP contribution in [0.3, 0.4) is 0 Å². The van der Waals surface area contributed by atoms with Crippen molar-refractivity contribution >= 4 is 29.3 Å². The summed E-state index contributed by atoms with van der Waals surface area (Å²) >= 11 is 7.37. The Morgan fingerprint density at radius 2 is 2.06 bits per heavy atom. The lowest BCUT2D eigenvalue weighted by molar-refractivity contribution is 0.0693. The molecule has 0 unspecified atom stereocenters. The number of carboxylic acid groups (broad SMARTS) is 1. The van der Waals surface area contributed by atoms with Crippen molar-refractivity contribution in [1.29, 1.82) is 0 Å². The average Bonchev–Trinajstić information content (AvgIpc) is 2.36. The molecule has 0 amide bonds. The number of benzene rings is 1. The number of hydrogen-bond acceptors (Lipinski definition) is 3. The van der Waals surface area contributed by atoms with Crippen LogP contribution in [0, 0.1) is 0 Å². The van der Waals surface area contributed by atoms with Crippen LogP contribution in [0.5, 0.6) is 0 Å². The van der Waals surface area contributed by atoms with E-state index in [1.807, 2.05) is 0 Å². The van der Waals surface area contributed by atoms with E-state index in [2.05, 4.69) is 18.7 Å². The maximum Gasteiger partial charge on any atom is 0.336 e. The van der Waals surface area contributed by atoms with Crippen LogP contribution >= 0.6 is 23.4 Å². The monoisotopic (exact) mass is 287 g/mol. The Balaban J connectivity index is 2.64. The number of hydrogen-bond donors (Lipinski definition) is 1. The molecule has 0 saturated heterocycles. The quantitative estimate of drug-likeness (QED) is 0.780. The van der Waals surface area contributed by atoms with E-state index in [0.717, 1.165) is 30.3 Å². The Kier molecular flexibility index (Phi) is 6.54. The number of halogens is 1. The fraction of sp³-hybridized carbons (Fsp3) is 0.462. The Hall–Kier alpha value is -0.710. The Morgan fingerprint density at radius 3 is 2.61 bits per heavy atom. The number of rotatable bonds is 7. The van der Waals surface area contributed by atoms with E-state index < -0.39 is 5.97 Å². The number of nitrogens with zero attached hydrogens (tertiary/aromatic N) is 1. The molecule has 1 rings (SSSR count). The van der Waals surface area contributed by atoms with Gasteiger partial charge in [-0.05, 0) is 31.3 Å². The molecule has 100 valence electrons. The molecule has 0 fully saturated rings. The van der Waals surface area contributed by atoms with Crippen LogP contribution in [0.15, 0.2) is 23.1 Å². The van der Waals surface area contributed by atoms with Crippen LogP contribution in [-0.2, 0) is 0 Å². The smallest absolute Gasteiger partial charge is 0.336 e. The third-order valence-electron chi connectivity index (χ3n) is 2.73. The highest BCUT2D eigenvalue weighted by Crippen LogP contribution is 2.25. The van der Waals surface area contributed by atoms with Crippen molar-refractivity contribution in [3.8, 4) is 0 Å². The summed E-state index contributed by atoms with van der Waals surface area (Å²) in [5.74, 6) is -0.0494. The average molecular weight is 288 g/mol. The molecule has 0 saturated carbocycles. The van der Waals surface area contributed by atoms with Crippen molar-refractivity contribution in [3.63, 3.8) is 0 Å². The lowest BCUT2D eigenvalue weighted by Gasteiger charge is -2.17. The van der Waals surface area contributed by atoms with Gasteiger partial charge in [-0.3, -0.25) is 0 Å². The van der Waals surface area contributed by atoms with Gasteiger partial charge in [0, 0.05) is 22.2 Å². The van der Waals surface area contributed by atoms with E-state index in [0.29, 0.717) is 5.02 Å². The summed E-state index contributed by atoms with van der Waals surface area (Å²) in [6.07, 6.45) is 0. The second kappa shape index (κ2) is 7.67. The molecule has 1 aromatic carbocycles. The highest BCUT2D eigenvalue weighted by Gasteiger charge is 2.11. The standard InChI is InChI=1S/C13H18ClNO2S/c1-3-15(4-2)7-8-18-12-6-5-10(14)9-11(12)13(16)17/h5-6,9H,3-4,7-8H2,1-2H3,(H,16,17). The third kappa shape index (κ3) is 4.52. The van der Waals surface area contributed by atoms with Crippen LogP contribution in [0.4, 0.5) is 0 Å². The van der Waals surface area contributed by atoms with Crippen LogP contribution in [0.2, 0.25) is 5.02 Å². The van der Waals surface area contributed by atoms with E-state index in [1.54, 1.807) is 23.9 Å². The fourth-order valence-electron chi connectivity index (χ4n) is 1.62. The lowest BCUT2D eigenvalue weighted by atomic mass is 10.2. The first-order chi connectivity index (χ1) is 8.58. The van der Waals surface area contributed by atoms with Crippen LogP contribution in [0.25, 0.3) is 0 Å². The molecule has 0 aromatic heterocycles. The molecule has 3 nitrogen and oxygen atoms in total. The Labute approximate surface area is 117 Å². The van der Waals surface area contributed by atoms with E-state index in [4.69, 9.17) is 16.7 Å². The van der Waals surface area contributed by atoms with Gasteiger partial charge in [-0.25, -0.2) is 4.79 Å². The summed E-state index contributed by atoms with van der Waals surface area (Å²) < 4.78 is 0. The van der Waals surface area contributed by atoms with Crippen molar-refractivity contribution < 1.29 is 9.90 Å². The summed E-state index contributed by atoms with van der Waals surface area (Å²) in [5, 5.41) is 9.57. The van der Waals surface area contributed by atoms with Gasteiger partial charge in [0.05, 0.1) is 5.56 Å². The molecular weight excluding hydrogens is 270 g/mol. The first kappa shape index (κ1) is 15.3. The minimum absolute atomic E-state index is 0.284. The van der Waals surface area contributed by atoms with Crippen LogP contribution in [0.1, 0.15) is 24.2 Å². The summed E-state index contributed by atoms with van der Waals surface area (Å²) in [6.45, 7) is 7.24. The zero-order valence-corrected chi connectivity index (χ0v) is 12.2. The van der Waals surface area contributed by atoms with Gasteiger partial charge >= 0.3 is 5.97 Å². The molecule has 18 heavy (non-hydrogen) atoms. The maximum absolute atomic E-state index is 11.1. The molecule has 1 aromatic rings. The van der Waals surface area contributed by atoms with Crippen molar-refractivity contribution in [3.05, 3.63) is 28.8 Å². The largest absolute Gasteiger partial charge is 0.478 e. The van der Waals surface area contributed by atoms with E-state index in [1.165, 1.54) is 6.07 Å². The predicted octanol–water partition coefficient (Wildman–Crippen LogP) is 3.47. The number of thioether (sulfide) groups is 1. The first-order valence-corrected chi connectivity index (χ1v) is 7.32. The molecule has 0 aliphatic carbocycles. The fourth-order valence-corrected chi connectivity index (χ4v) is 2.83. The van der Waals surface area contributed by atoms with Gasteiger partial charge in [0.1, 0.15) is 0 Å². The molecular formula is C13H18ClNO2S. The molecule has 0 heterocycles. The minimum Gasteiger partial charge on any atom is -0.478 e. The van der Waals surface area contributed by atoms with Gasteiger partial charge in [0.2, 0.25) is 0 Å². The van der Waals surface area contributed by atoms with E-state index in [-0.39, 0.29) is 5.56 Å². The predicted molar refractivity (Wildman–Crippen MR) is 76.9 cm³/mol. The topological polar surface area (TPSA) is 40.5 Å². The minimum atomic E-state index is -0.928. The first-order valence-electron chi connectivity index (χ1n) is 5.96. The molecule has 0 aliphatic rings.